The molecule has 1 unspecified atom stereocenters. The van der Waals surface area contributed by atoms with E-state index in [4.69, 9.17) is 4.42 Å². The topological polar surface area (TPSA) is 25.2 Å². The molecule has 1 N–H and O–H groups in total. The summed E-state index contributed by atoms with van der Waals surface area (Å²) >= 11 is 0. The number of aryl methyl sites for hydroxylation is 1. The van der Waals surface area contributed by atoms with Gasteiger partial charge in [0.05, 0.1) is 6.04 Å². The van der Waals surface area contributed by atoms with Crippen molar-refractivity contribution >= 4 is 0 Å². The average Bonchev–Trinajstić information content (AvgIpc) is 2.94. The van der Waals surface area contributed by atoms with Gasteiger partial charge >= 0.3 is 0 Å². The first-order valence-corrected chi connectivity index (χ1v) is 6.09. The number of furan rings is 1. The van der Waals surface area contributed by atoms with Crippen LogP contribution >= 0.6 is 0 Å². The first-order chi connectivity index (χ1) is 7.29. The van der Waals surface area contributed by atoms with E-state index < -0.39 is 0 Å². The Morgan fingerprint density at radius 3 is 2.80 bits per heavy atom. The number of hydrogen-bond acceptors (Lipinski definition) is 2. The molecule has 1 heterocycles. The Bertz CT molecular complexity index is 301. The van der Waals surface area contributed by atoms with Crippen LogP contribution in [0.5, 0.6) is 0 Å². The summed E-state index contributed by atoms with van der Waals surface area (Å²) < 4.78 is 5.71. The van der Waals surface area contributed by atoms with Gasteiger partial charge in [0.15, 0.2) is 0 Å². The van der Waals surface area contributed by atoms with Crippen LogP contribution in [0.3, 0.4) is 0 Å². The summed E-state index contributed by atoms with van der Waals surface area (Å²) in [4.78, 5) is 0. The molecule has 0 amide bonds. The van der Waals surface area contributed by atoms with Gasteiger partial charge in [-0.15, -0.1) is 0 Å². The molecule has 2 heteroatoms. The van der Waals surface area contributed by atoms with E-state index >= 15 is 0 Å². The van der Waals surface area contributed by atoms with Gasteiger partial charge in [0, 0.05) is 0 Å². The summed E-state index contributed by atoms with van der Waals surface area (Å²) in [5, 5.41) is 3.58. The minimum Gasteiger partial charge on any atom is -0.465 e. The number of nitrogens with one attached hydrogen (secondary N) is 1. The van der Waals surface area contributed by atoms with Gasteiger partial charge in [-0.3, -0.25) is 0 Å². The van der Waals surface area contributed by atoms with Gasteiger partial charge in [0.1, 0.15) is 11.5 Å². The van der Waals surface area contributed by atoms with E-state index in [-0.39, 0.29) is 0 Å². The predicted octanol–water partition coefficient (Wildman–Crippen LogP) is 3.43. The van der Waals surface area contributed by atoms with E-state index in [2.05, 4.69) is 24.4 Å². The molecule has 1 saturated carbocycles. The van der Waals surface area contributed by atoms with Crippen molar-refractivity contribution in [2.75, 3.05) is 6.54 Å². The highest BCUT2D eigenvalue weighted by molar-refractivity contribution is 5.10. The van der Waals surface area contributed by atoms with Gasteiger partial charge < -0.3 is 9.73 Å². The van der Waals surface area contributed by atoms with Crippen molar-refractivity contribution in [3.8, 4) is 0 Å². The maximum atomic E-state index is 5.71. The van der Waals surface area contributed by atoms with Crippen molar-refractivity contribution in [1.29, 1.82) is 0 Å². The molecule has 1 fully saturated rings. The van der Waals surface area contributed by atoms with Crippen molar-refractivity contribution in [3.63, 3.8) is 0 Å². The molecule has 0 aliphatic heterocycles. The normalized spacial score (nSPS) is 18.0. The van der Waals surface area contributed by atoms with Crippen LogP contribution in [0.25, 0.3) is 0 Å². The molecule has 1 atom stereocenters. The fourth-order valence-electron chi connectivity index (χ4n) is 1.95. The summed E-state index contributed by atoms with van der Waals surface area (Å²) in [5.41, 5.74) is 0. The highest BCUT2D eigenvalue weighted by Gasteiger charge is 2.27. The third-order valence-corrected chi connectivity index (χ3v) is 3.01. The second-order valence-corrected chi connectivity index (χ2v) is 4.63. The van der Waals surface area contributed by atoms with E-state index in [0.717, 1.165) is 24.0 Å². The molecule has 2 nitrogen and oxygen atoms in total. The largest absolute Gasteiger partial charge is 0.465 e. The lowest BCUT2D eigenvalue weighted by Gasteiger charge is -2.15. The molecule has 0 saturated heterocycles. The third kappa shape index (κ3) is 3.10. The molecule has 1 aromatic heterocycles. The summed E-state index contributed by atoms with van der Waals surface area (Å²) in [5.74, 6) is 3.07. The zero-order valence-electron chi connectivity index (χ0n) is 9.75. The van der Waals surface area contributed by atoms with Crippen molar-refractivity contribution in [3.05, 3.63) is 23.7 Å². The smallest absolute Gasteiger partial charge is 0.121 e. The SMILES string of the molecule is CCCNC(CC1CC1)c1ccc(C)o1. The first-order valence-electron chi connectivity index (χ1n) is 6.09. The van der Waals surface area contributed by atoms with Crippen LogP contribution in [0.2, 0.25) is 0 Å². The van der Waals surface area contributed by atoms with Crippen molar-refractivity contribution in [2.24, 2.45) is 5.92 Å². The van der Waals surface area contributed by atoms with Crippen LogP contribution in [-0.4, -0.2) is 6.54 Å². The first kappa shape index (κ1) is 10.7. The lowest BCUT2D eigenvalue weighted by Crippen LogP contribution is -2.22. The molecule has 0 radical (unpaired) electrons. The van der Waals surface area contributed by atoms with Gasteiger partial charge in [-0.2, -0.15) is 0 Å². The van der Waals surface area contributed by atoms with Gasteiger partial charge in [-0.1, -0.05) is 19.8 Å². The lowest BCUT2D eigenvalue weighted by molar-refractivity contribution is 0.374. The standard InChI is InChI=1S/C13H21NO/c1-3-8-14-12(9-11-5-6-11)13-7-4-10(2)15-13/h4,7,11-12,14H,3,5-6,8-9H2,1-2H3. The van der Waals surface area contributed by atoms with Crippen molar-refractivity contribution < 1.29 is 4.42 Å². The highest BCUT2D eigenvalue weighted by atomic mass is 16.3. The van der Waals surface area contributed by atoms with E-state index in [9.17, 15) is 0 Å². The van der Waals surface area contributed by atoms with Crippen LogP contribution in [0, 0.1) is 12.8 Å². The molecule has 1 aliphatic rings. The second-order valence-electron chi connectivity index (χ2n) is 4.63. The Morgan fingerprint density at radius 2 is 2.27 bits per heavy atom. The van der Waals surface area contributed by atoms with Gasteiger partial charge in [-0.05, 0) is 44.4 Å². The van der Waals surface area contributed by atoms with Crippen LogP contribution in [0.15, 0.2) is 16.5 Å². The Morgan fingerprint density at radius 1 is 1.47 bits per heavy atom. The Kier molecular flexibility index (Phi) is 3.47. The summed E-state index contributed by atoms with van der Waals surface area (Å²) in [6.45, 7) is 5.29. The fourth-order valence-corrected chi connectivity index (χ4v) is 1.95. The molecule has 1 aliphatic carbocycles. The summed E-state index contributed by atoms with van der Waals surface area (Å²) in [6, 6.07) is 4.61. The number of rotatable bonds is 6. The van der Waals surface area contributed by atoms with E-state index in [1.54, 1.807) is 0 Å². The van der Waals surface area contributed by atoms with Gasteiger partial charge in [0.2, 0.25) is 0 Å². The van der Waals surface area contributed by atoms with Crippen LogP contribution in [-0.2, 0) is 0 Å². The number of hydrogen-bond donors (Lipinski definition) is 1. The van der Waals surface area contributed by atoms with Crippen LogP contribution in [0.4, 0.5) is 0 Å². The maximum absolute atomic E-state index is 5.71. The molecule has 0 aromatic carbocycles. The van der Waals surface area contributed by atoms with Crippen molar-refractivity contribution in [1.82, 2.24) is 5.32 Å². The van der Waals surface area contributed by atoms with Gasteiger partial charge in [-0.25, -0.2) is 0 Å². The van der Waals surface area contributed by atoms with Gasteiger partial charge in [0.25, 0.3) is 0 Å². The Labute approximate surface area is 92.1 Å². The quantitative estimate of drug-likeness (QED) is 0.773. The molecular weight excluding hydrogens is 186 g/mol. The zero-order valence-corrected chi connectivity index (χ0v) is 9.75. The fraction of sp³-hybridized carbons (Fsp3) is 0.692. The van der Waals surface area contributed by atoms with Crippen molar-refractivity contribution in [2.45, 2.75) is 45.6 Å². The molecule has 15 heavy (non-hydrogen) atoms. The van der Waals surface area contributed by atoms with E-state index in [1.807, 2.05) is 6.92 Å². The second kappa shape index (κ2) is 4.84. The van der Waals surface area contributed by atoms with Crippen LogP contribution < -0.4 is 5.32 Å². The molecular formula is C13H21NO. The molecule has 2 rings (SSSR count). The maximum Gasteiger partial charge on any atom is 0.121 e. The molecule has 0 spiro atoms. The summed E-state index contributed by atoms with van der Waals surface area (Å²) in [6.07, 6.45) is 5.24. The third-order valence-electron chi connectivity index (χ3n) is 3.01. The van der Waals surface area contributed by atoms with E-state index in [1.165, 1.54) is 25.7 Å². The molecule has 0 bridgehead atoms. The van der Waals surface area contributed by atoms with E-state index in [0.29, 0.717) is 6.04 Å². The minimum atomic E-state index is 0.436. The average molecular weight is 207 g/mol. The zero-order chi connectivity index (χ0) is 10.7. The van der Waals surface area contributed by atoms with Crippen LogP contribution in [0.1, 0.15) is 50.2 Å². The lowest BCUT2D eigenvalue weighted by atomic mass is 10.1. The Balaban J connectivity index is 1.96. The molecule has 1 aromatic rings. The molecule has 84 valence electrons. The predicted molar refractivity (Wildman–Crippen MR) is 61.8 cm³/mol. The summed E-state index contributed by atoms with van der Waals surface area (Å²) in [7, 11) is 0. The highest BCUT2D eigenvalue weighted by Crippen LogP contribution is 2.37. The monoisotopic (exact) mass is 207 g/mol. The Hall–Kier alpha value is -0.760. The minimum absolute atomic E-state index is 0.436.